The standard InChI is InChI=1S/C21H23FN4O3/c1-13-10-18(27)24-16-8-3-4-9-17(16)26(13)19(28)12-25(2)20(21(23)29)14-6-5-7-15(22)11-14/h3-9,11,13,20H,10,12H2,1-2H3,(H2,23,29)(H,24,27). The Balaban J connectivity index is 1.88. The van der Waals surface area contributed by atoms with Crippen LogP contribution in [0.1, 0.15) is 24.9 Å². The van der Waals surface area contributed by atoms with Crippen LogP contribution in [0.2, 0.25) is 0 Å². The summed E-state index contributed by atoms with van der Waals surface area (Å²) in [5.74, 6) is -1.66. The zero-order chi connectivity index (χ0) is 21.1. The summed E-state index contributed by atoms with van der Waals surface area (Å²) >= 11 is 0. The Labute approximate surface area is 168 Å². The molecule has 1 aliphatic heterocycles. The molecule has 29 heavy (non-hydrogen) atoms. The summed E-state index contributed by atoms with van der Waals surface area (Å²) in [6.45, 7) is 1.65. The SMILES string of the molecule is CC1CC(=O)Nc2ccccc2N1C(=O)CN(C)C(C(N)=O)c1cccc(F)c1. The fourth-order valence-corrected chi connectivity index (χ4v) is 3.66. The Kier molecular flexibility index (Phi) is 5.93. The van der Waals surface area contributed by atoms with Crippen LogP contribution in [0.4, 0.5) is 15.8 Å². The van der Waals surface area contributed by atoms with E-state index in [1.807, 2.05) is 0 Å². The first-order chi connectivity index (χ1) is 13.8. The van der Waals surface area contributed by atoms with Crippen LogP contribution in [0.15, 0.2) is 48.5 Å². The number of halogens is 1. The highest BCUT2D eigenvalue weighted by molar-refractivity contribution is 6.05. The fraction of sp³-hybridized carbons (Fsp3) is 0.286. The van der Waals surface area contributed by atoms with Gasteiger partial charge in [-0.15, -0.1) is 0 Å². The Morgan fingerprint density at radius 1 is 1.28 bits per heavy atom. The minimum absolute atomic E-state index is 0.142. The third-order valence-corrected chi connectivity index (χ3v) is 4.89. The number of benzene rings is 2. The molecule has 0 saturated carbocycles. The van der Waals surface area contributed by atoms with E-state index in [0.717, 1.165) is 0 Å². The van der Waals surface area contributed by atoms with Gasteiger partial charge in [0.05, 0.1) is 17.9 Å². The highest BCUT2D eigenvalue weighted by Crippen LogP contribution is 2.31. The van der Waals surface area contributed by atoms with E-state index in [2.05, 4.69) is 5.32 Å². The Morgan fingerprint density at radius 2 is 2.00 bits per heavy atom. The lowest BCUT2D eigenvalue weighted by Gasteiger charge is -2.32. The molecule has 0 saturated heterocycles. The average Bonchev–Trinajstić information content (AvgIpc) is 2.75. The van der Waals surface area contributed by atoms with Gasteiger partial charge < -0.3 is 16.0 Å². The summed E-state index contributed by atoms with van der Waals surface area (Å²) in [7, 11) is 1.58. The van der Waals surface area contributed by atoms with Gasteiger partial charge in [0.15, 0.2) is 0 Å². The van der Waals surface area contributed by atoms with Crippen molar-refractivity contribution in [3.05, 3.63) is 59.9 Å². The van der Waals surface area contributed by atoms with Crippen molar-refractivity contribution < 1.29 is 18.8 Å². The zero-order valence-electron chi connectivity index (χ0n) is 16.3. The van der Waals surface area contributed by atoms with Gasteiger partial charge in [-0.1, -0.05) is 24.3 Å². The van der Waals surface area contributed by atoms with Crippen LogP contribution in [0, 0.1) is 5.82 Å². The summed E-state index contributed by atoms with van der Waals surface area (Å²) in [5.41, 5.74) is 7.05. The molecule has 8 heteroatoms. The number of hydrogen-bond acceptors (Lipinski definition) is 4. The van der Waals surface area contributed by atoms with E-state index in [0.29, 0.717) is 16.9 Å². The largest absolute Gasteiger partial charge is 0.368 e. The summed E-state index contributed by atoms with van der Waals surface area (Å²) in [5, 5.41) is 2.80. The van der Waals surface area contributed by atoms with E-state index in [4.69, 9.17) is 5.73 Å². The summed E-state index contributed by atoms with van der Waals surface area (Å²) < 4.78 is 13.6. The number of nitrogens with two attached hydrogens (primary N) is 1. The van der Waals surface area contributed by atoms with Gasteiger partial charge in [0, 0.05) is 12.5 Å². The number of anilines is 2. The Morgan fingerprint density at radius 3 is 2.69 bits per heavy atom. The van der Waals surface area contributed by atoms with Crippen molar-refractivity contribution in [2.45, 2.75) is 25.4 Å². The number of nitrogens with one attached hydrogen (secondary N) is 1. The third-order valence-electron chi connectivity index (χ3n) is 4.89. The Hall–Kier alpha value is -3.26. The molecule has 0 aromatic heterocycles. The van der Waals surface area contributed by atoms with Crippen molar-refractivity contribution in [2.75, 3.05) is 23.8 Å². The molecule has 0 fully saturated rings. The molecule has 0 bridgehead atoms. The van der Waals surface area contributed by atoms with Gasteiger partial charge in [-0.2, -0.15) is 0 Å². The maximum absolute atomic E-state index is 13.6. The normalized spacial score (nSPS) is 17.3. The second-order valence-electron chi connectivity index (χ2n) is 7.16. The van der Waals surface area contributed by atoms with Crippen LogP contribution in [0.5, 0.6) is 0 Å². The van der Waals surface area contributed by atoms with Crippen LogP contribution < -0.4 is 16.0 Å². The number of carbonyl (C=O) groups is 3. The molecular formula is C21H23FN4O3. The second-order valence-corrected chi connectivity index (χ2v) is 7.16. The number of primary amides is 1. The van der Waals surface area contributed by atoms with Gasteiger partial charge in [0.25, 0.3) is 0 Å². The first-order valence-electron chi connectivity index (χ1n) is 9.24. The minimum atomic E-state index is -0.966. The van der Waals surface area contributed by atoms with Crippen LogP contribution in [-0.2, 0) is 14.4 Å². The van der Waals surface area contributed by atoms with E-state index in [1.165, 1.54) is 23.1 Å². The second kappa shape index (κ2) is 8.40. The van der Waals surface area contributed by atoms with Crippen LogP contribution >= 0.6 is 0 Å². The number of nitrogens with zero attached hydrogens (tertiary/aromatic N) is 2. The third kappa shape index (κ3) is 4.43. The molecule has 1 aliphatic rings. The van der Waals surface area contributed by atoms with E-state index < -0.39 is 17.8 Å². The van der Waals surface area contributed by atoms with Crippen molar-refractivity contribution in [1.82, 2.24) is 4.90 Å². The summed E-state index contributed by atoms with van der Waals surface area (Å²) in [4.78, 5) is 40.4. The lowest BCUT2D eigenvalue weighted by atomic mass is 10.0. The minimum Gasteiger partial charge on any atom is -0.368 e. The molecule has 0 radical (unpaired) electrons. The maximum Gasteiger partial charge on any atom is 0.241 e. The number of amides is 3. The maximum atomic E-state index is 13.6. The van der Waals surface area contributed by atoms with Gasteiger partial charge in [-0.25, -0.2) is 4.39 Å². The molecule has 2 atom stereocenters. The highest BCUT2D eigenvalue weighted by Gasteiger charge is 2.32. The van der Waals surface area contributed by atoms with Crippen molar-refractivity contribution in [3.8, 4) is 0 Å². The molecule has 3 rings (SSSR count). The molecule has 3 N–H and O–H groups in total. The van der Waals surface area contributed by atoms with Crippen molar-refractivity contribution in [1.29, 1.82) is 0 Å². The van der Waals surface area contributed by atoms with Crippen molar-refractivity contribution in [3.63, 3.8) is 0 Å². The quantitative estimate of drug-likeness (QED) is 0.806. The smallest absolute Gasteiger partial charge is 0.241 e. The molecule has 2 aromatic carbocycles. The van der Waals surface area contributed by atoms with E-state index in [-0.39, 0.29) is 30.8 Å². The molecule has 7 nitrogen and oxygen atoms in total. The van der Waals surface area contributed by atoms with Gasteiger partial charge in [0.1, 0.15) is 11.9 Å². The molecular weight excluding hydrogens is 375 g/mol. The molecule has 152 valence electrons. The zero-order valence-corrected chi connectivity index (χ0v) is 16.3. The lowest BCUT2D eigenvalue weighted by Crippen LogP contribution is -2.46. The Bertz CT molecular complexity index is 949. The predicted octanol–water partition coefficient (Wildman–Crippen LogP) is 2.05. The molecule has 0 aliphatic carbocycles. The van der Waals surface area contributed by atoms with E-state index in [1.54, 1.807) is 49.2 Å². The topological polar surface area (TPSA) is 95.7 Å². The van der Waals surface area contributed by atoms with Crippen LogP contribution in [-0.4, -0.2) is 42.3 Å². The first-order valence-corrected chi connectivity index (χ1v) is 9.24. The van der Waals surface area contributed by atoms with Gasteiger partial charge >= 0.3 is 0 Å². The van der Waals surface area contributed by atoms with E-state index >= 15 is 0 Å². The number of likely N-dealkylation sites (N-methyl/N-ethyl adjacent to an activating group) is 1. The van der Waals surface area contributed by atoms with Gasteiger partial charge in [-0.05, 0) is 43.8 Å². The predicted molar refractivity (Wildman–Crippen MR) is 108 cm³/mol. The number of carbonyl (C=O) groups excluding carboxylic acids is 3. The monoisotopic (exact) mass is 398 g/mol. The number of rotatable bonds is 5. The number of fused-ring (bicyclic) bond motifs is 1. The summed E-state index contributed by atoms with van der Waals surface area (Å²) in [6, 6.07) is 11.3. The molecule has 2 unspecified atom stereocenters. The highest BCUT2D eigenvalue weighted by atomic mass is 19.1. The van der Waals surface area contributed by atoms with Gasteiger partial charge in [-0.3, -0.25) is 19.3 Å². The molecule has 1 heterocycles. The molecule has 3 amide bonds. The number of hydrogen-bond donors (Lipinski definition) is 2. The van der Waals surface area contributed by atoms with E-state index in [9.17, 15) is 18.8 Å². The number of para-hydroxylation sites is 2. The molecule has 2 aromatic rings. The molecule has 0 spiro atoms. The lowest BCUT2D eigenvalue weighted by molar-refractivity contribution is -0.125. The van der Waals surface area contributed by atoms with Crippen LogP contribution in [0.25, 0.3) is 0 Å². The van der Waals surface area contributed by atoms with Gasteiger partial charge in [0.2, 0.25) is 17.7 Å². The summed E-state index contributed by atoms with van der Waals surface area (Å²) in [6.07, 6.45) is 0.146. The average molecular weight is 398 g/mol. The first kappa shape index (κ1) is 20.5. The van der Waals surface area contributed by atoms with Crippen molar-refractivity contribution in [2.24, 2.45) is 5.73 Å². The van der Waals surface area contributed by atoms with Crippen molar-refractivity contribution >= 4 is 29.1 Å². The van der Waals surface area contributed by atoms with Crippen LogP contribution in [0.3, 0.4) is 0 Å². The fourth-order valence-electron chi connectivity index (χ4n) is 3.66.